The second-order valence-corrected chi connectivity index (χ2v) is 7.65. The molecule has 0 N–H and O–H groups in total. The van der Waals surface area contributed by atoms with E-state index in [1.807, 2.05) is 29.6 Å². The van der Waals surface area contributed by atoms with Gasteiger partial charge in [0.25, 0.3) is 0 Å². The van der Waals surface area contributed by atoms with Gasteiger partial charge in [0.2, 0.25) is 0 Å². The van der Waals surface area contributed by atoms with Crippen LogP contribution in [0.1, 0.15) is 26.4 Å². The molecule has 0 unspecified atom stereocenters. The summed E-state index contributed by atoms with van der Waals surface area (Å²) < 4.78 is 12.1. The van der Waals surface area contributed by atoms with Crippen LogP contribution in [0.5, 0.6) is 11.5 Å². The highest BCUT2D eigenvalue weighted by Gasteiger charge is 2.07. The summed E-state index contributed by atoms with van der Waals surface area (Å²) in [6.45, 7) is 0.308. The number of nitrogens with zero attached hydrogens (tertiary/aromatic N) is 1. The lowest BCUT2D eigenvalue weighted by Gasteiger charge is -2.11. The van der Waals surface area contributed by atoms with Crippen LogP contribution in [0.2, 0.25) is 0 Å². The summed E-state index contributed by atoms with van der Waals surface area (Å²) in [4.78, 5) is 12.9. The Morgan fingerprint density at radius 2 is 2.00 bits per heavy atom. The number of hydrogen-bond acceptors (Lipinski definition) is 5. The maximum atomic E-state index is 12.2. The SMILES string of the molecule is COc1ccc(/C=C/C(=O)c2cc(Br)cs2)cc1COc1ccc(C#N)cc1. The van der Waals surface area contributed by atoms with Crippen molar-refractivity contribution in [2.24, 2.45) is 0 Å². The van der Waals surface area contributed by atoms with Gasteiger partial charge in [-0.25, -0.2) is 0 Å². The molecule has 0 saturated carbocycles. The fourth-order valence-electron chi connectivity index (χ4n) is 2.50. The van der Waals surface area contributed by atoms with Crippen molar-refractivity contribution >= 4 is 39.1 Å². The third-order valence-corrected chi connectivity index (χ3v) is 5.63. The first-order valence-electron chi connectivity index (χ1n) is 8.35. The molecule has 0 aliphatic heterocycles. The van der Waals surface area contributed by atoms with Crippen molar-refractivity contribution in [3.05, 3.63) is 86.0 Å². The van der Waals surface area contributed by atoms with Gasteiger partial charge in [0.15, 0.2) is 5.78 Å². The van der Waals surface area contributed by atoms with E-state index < -0.39 is 0 Å². The van der Waals surface area contributed by atoms with E-state index in [1.54, 1.807) is 43.5 Å². The van der Waals surface area contributed by atoms with E-state index in [-0.39, 0.29) is 5.78 Å². The minimum atomic E-state index is -0.0399. The van der Waals surface area contributed by atoms with Gasteiger partial charge >= 0.3 is 0 Å². The van der Waals surface area contributed by atoms with Gasteiger partial charge in [-0.05, 0) is 70.0 Å². The smallest absolute Gasteiger partial charge is 0.195 e. The standard InChI is InChI=1S/C22H16BrNO3S/c1-26-21-9-5-15(4-8-20(25)22-11-18(23)14-28-22)10-17(21)13-27-19-6-2-16(12-24)3-7-19/h2-11,14H,13H2,1H3/b8-4+. The fourth-order valence-corrected chi connectivity index (χ4v) is 3.85. The zero-order valence-electron chi connectivity index (χ0n) is 15.0. The lowest BCUT2D eigenvalue weighted by molar-refractivity contribution is 0.105. The number of hydrogen-bond donors (Lipinski definition) is 0. The lowest BCUT2D eigenvalue weighted by Crippen LogP contribution is -1.99. The molecule has 140 valence electrons. The van der Waals surface area contributed by atoms with E-state index in [2.05, 4.69) is 22.0 Å². The van der Waals surface area contributed by atoms with Crippen molar-refractivity contribution < 1.29 is 14.3 Å². The number of benzene rings is 2. The van der Waals surface area contributed by atoms with E-state index in [9.17, 15) is 4.79 Å². The molecule has 0 bridgehead atoms. The Labute approximate surface area is 175 Å². The highest BCUT2D eigenvalue weighted by atomic mass is 79.9. The number of allylic oxidation sites excluding steroid dienone is 1. The molecule has 0 fully saturated rings. The zero-order chi connectivity index (χ0) is 19.9. The van der Waals surface area contributed by atoms with Gasteiger partial charge in [-0.15, -0.1) is 11.3 Å². The molecule has 1 aromatic heterocycles. The van der Waals surface area contributed by atoms with Crippen LogP contribution in [0.15, 0.2) is 64.5 Å². The molecule has 1 heterocycles. The van der Waals surface area contributed by atoms with Crippen LogP contribution in [-0.4, -0.2) is 12.9 Å². The molecule has 0 amide bonds. The van der Waals surface area contributed by atoms with Crippen LogP contribution in [0, 0.1) is 11.3 Å². The molecule has 0 saturated heterocycles. The topological polar surface area (TPSA) is 59.3 Å². The number of thiophene rings is 1. The van der Waals surface area contributed by atoms with Crippen LogP contribution >= 0.6 is 27.3 Å². The van der Waals surface area contributed by atoms with Crippen LogP contribution in [0.3, 0.4) is 0 Å². The molecular weight excluding hydrogens is 438 g/mol. The predicted octanol–water partition coefficient (Wildman–Crippen LogP) is 5.87. The maximum Gasteiger partial charge on any atom is 0.195 e. The summed E-state index contributed by atoms with van der Waals surface area (Å²) in [6.07, 6.45) is 3.34. The quantitative estimate of drug-likeness (QED) is 0.331. The van der Waals surface area contributed by atoms with E-state index in [4.69, 9.17) is 14.7 Å². The number of ether oxygens (including phenoxy) is 2. The Balaban J connectivity index is 1.72. The summed E-state index contributed by atoms with van der Waals surface area (Å²) in [5.74, 6) is 1.33. The van der Waals surface area contributed by atoms with Crippen molar-refractivity contribution in [3.63, 3.8) is 0 Å². The van der Waals surface area contributed by atoms with E-state index in [1.165, 1.54) is 11.3 Å². The number of methoxy groups -OCH3 is 1. The summed E-state index contributed by atoms with van der Waals surface area (Å²) >= 11 is 4.76. The monoisotopic (exact) mass is 453 g/mol. The normalized spacial score (nSPS) is 10.6. The van der Waals surface area contributed by atoms with Gasteiger partial charge in [-0.1, -0.05) is 12.1 Å². The van der Waals surface area contributed by atoms with Gasteiger partial charge < -0.3 is 9.47 Å². The van der Waals surface area contributed by atoms with Crippen molar-refractivity contribution in [2.75, 3.05) is 7.11 Å². The largest absolute Gasteiger partial charge is 0.496 e. The number of halogens is 1. The first-order chi connectivity index (χ1) is 13.6. The Morgan fingerprint density at radius 3 is 2.64 bits per heavy atom. The van der Waals surface area contributed by atoms with E-state index in [0.29, 0.717) is 28.5 Å². The molecule has 6 heteroatoms. The molecule has 0 atom stereocenters. The summed E-state index contributed by atoms with van der Waals surface area (Å²) in [6, 6.07) is 16.5. The highest BCUT2D eigenvalue weighted by Crippen LogP contribution is 2.24. The molecule has 3 rings (SSSR count). The molecule has 3 aromatic rings. The Kier molecular flexibility index (Phi) is 6.64. The van der Waals surface area contributed by atoms with Crippen LogP contribution in [-0.2, 0) is 6.61 Å². The average Bonchev–Trinajstić information content (AvgIpc) is 3.17. The minimum Gasteiger partial charge on any atom is -0.496 e. The van der Waals surface area contributed by atoms with Crippen molar-refractivity contribution in [2.45, 2.75) is 6.61 Å². The third-order valence-electron chi connectivity index (χ3n) is 3.92. The highest BCUT2D eigenvalue weighted by molar-refractivity contribution is 9.10. The summed E-state index contributed by atoms with van der Waals surface area (Å²) in [7, 11) is 1.61. The Hall–Kier alpha value is -2.88. The minimum absolute atomic E-state index is 0.0399. The summed E-state index contributed by atoms with van der Waals surface area (Å²) in [5.41, 5.74) is 2.32. The van der Waals surface area contributed by atoms with E-state index in [0.717, 1.165) is 15.6 Å². The van der Waals surface area contributed by atoms with Gasteiger partial charge in [0.1, 0.15) is 18.1 Å². The van der Waals surface area contributed by atoms with Crippen molar-refractivity contribution in [1.82, 2.24) is 0 Å². The third kappa shape index (κ3) is 5.10. The van der Waals surface area contributed by atoms with Gasteiger partial charge in [-0.2, -0.15) is 5.26 Å². The molecule has 0 aliphatic carbocycles. The fraction of sp³-hybridized carbons (Fsp3) is 0.0909. The zero-order valence-corrected chi connectivity index (χ0v) is 17.4. The second kappa shape index (κ2) is 9.36. The van der Waals surface area contributed by atoms with Crippen LogP contribution < -0.4 is 9.47 Å². The number of carbonyl (C=O) groups is 1. The van der Waals surface area contributed by atoms with Crippen LogP contribution in [0.25, 0.3) is 6.08 Å². The van der Waals surface area contributed by atoms with Crippen molar-refractivity contribution in [3.8, 4) is 17.6 Å². The van der Waals surface area contributed by atoms with Gasteiger partial charge in [-0.3, -0.25) is 4.79 Å². The Bertz CT molecular complexity index is 1050. The maximum absolute atomic E-state index is 12.2. The molecule has 0 spiro atoms. The molecule has 0 aliphatic rings. The van der Waals surface area contributed by atoms with Gasteiger partial charge in [0.05, 0.1) is 23.6 Å². The number of nitriles is 1. The summed E-state index contributed by atoms with van der Waals surface area (Å²) in [5, 5.41) is 10.7. The molecule has 4 nitrogen and oxygen atoms in total. The first kappa shape index (κ1) is 19.9. The predicted molar refractivity (Wildman–Crippen MR) is 114 cm³/mol. The molecular formula is C22H16BrNO3S. The van der Waals surface area contributed by atoms with E-state index >= 15 is 0 Å². The number of ketones is 1. The molecule has 28 heavy (non-hydrogen) atoms. The first-order valence-corrected chi connectivity index (χ1v) is 10.0. The van der Waals surface area contributed by atoms with Crippen molar-refractivity contribution in [1.29, 1.82) is 5.26 Å². The van der Waals surface area contributed by atoms with Crippen LogP contribution in [0.4, 0.5) is 0 Å². The lowest BCUT2D eigenvalue weighted by atomic mass is 10.1. The van der Waals surface area contributed by atoms with Gasteiger partial charge in [0, 0.05) is 15.4 Å². The average molecular weight is 454 g/mol. The molecule has 2 aromatic carbocycles. The number of rotatable bonds is 7. The molecule has 0 radical (unpaired) electrons. The second-order valence-electron chi connectivity index (χ2n) is 5.82. The Morgan fingerprint density at radius 1 is 1.21 bits per heavy atom. The number of carbonyl (C=O) groups excluding carboxylic acids is 1.